The highest BCUT2D eigenvalue weighted by molar-refractivity contribution is 6.10. The highest BCUT2D eigenvalue weighted by Gasteiger charge is 2.41. The number of aliphatic imine (C=N–C) groups is 1. The summed E-state index contributed by atoms with van der Waals surface area (Å²) < 4.78 is 62.2. The lowest BCUT2D eigenvalue weighted by atomic mass is 10.1. The summed E-state index contributed by atoms with van der Waals surface area (Å²) in [5.74, 6) is -2.64. The van der Waals surface area contributed by atoms with Gasteiger partial charge in [-0.05, 0) is 51.1 Å². The number of nitrogens with zero attached hydrogens (tertiary/aromatic N) is 3. The van der Waals surface area contributed by atoms with Gasteiger partial charge in [-0.25, -0.2) is 19.0 Å². The molecule has 9 nitrogen and oxygen atoms in total. The molecular weight excluding hydrogens is 526 g/mol. The van der Waals surface area contributed by atoms with Crippen LogP contribution >= 0.6 is 0 Å². The summed E-state index contributed by atoms with van der Waals surface area (Å²) in [6.45, 7) is 5.19. The molecule has 0 spiro atoms. The molecule has 208 valence electrons. The van der Waals surface area contributed by atoms with E-state index in [4.69, 9.17) is 9.47 Å². The number of alkyl halides is 3. The van der Waals surface area contributed by atoms with Gasteiger partial charge in [0.05, 0.1) is 23.7 Å². The molecule has 2 amide bonds. The molecular formula is C26H25F4N3O6. The van der Waals surface area contributed by atoms with E-state index in [1.54, 1.807) is 20.8 Å². The Kier molecular flexibility index (Phi) is 8.15. The minimum Gasteiger partial charge on any atom is -0.497 e. The second-order valence-corrected chi connectivity index (χ2v) is 9.56. The molecule has 0 aromatic heterocycles. The van der Waals surface area contributed by atoms with E-state index in [-0.39, 0.29) is 30.2 Å². The maximum absolute atomic E-state index is 14.0. The van der Waals surface area contributed by atoms with Crippen LogP contribution in [0.1, 0.15) is 43.1 Å². The predicted molar refractivity (Wildman–Crippen MR) is 130 cm³/mol. The Morgan fingerprint density at radius 1 is 1.05 bits per heavy atom. The predicted octanol–water partition coefficient (Wildman–Crippen LogP) is 4.85. The van der Waals surface area contributed by atoms with Crippen molar-refractivity contribution in [1.82, 2.24) is 9.38 Å². The number of halogens is 4. The number of ether oxygens (including phenoxy) is 2. The first-order valence-corrected chi connectivity index (χ1v) is 11.5. The molecule has 0 fully saturated rings. The first-order valence-electron chi connectivity index (χ1n) is 11.5. The number of hydrogen-bond donors (Lipinski definition) is 0. The van der Waals surface area contributed by atoms with E-state index in [0.29, 0.717) is 18.2 Å². The summed E-state index contributed by atoms with van der Waals surface area (Å²) in [4.78, 5) is 42.3. The minimum absolute atomic E-state index is 0.0300. The smallest absolute Gasteiger partial charge is 0.416 e. The van der Waals surface area contributed by atoms with Crippen molar-refractivity contribution in [2.24, 2.45) is 4.99 Å². The zero-order valence-electron chi connectivity index (χ0n) is 21.4. The lowest BCUT2D eigenvalue weighted by Crippen LogP contribution is -2.59. The number of benzene rings is 2. The van der Waals surface area contributed by atoms with Gasteiger partial charge in [0.1, 0.15) is 29.1 Å². The molecule has 13 heteroatoms. The molecule has 1 unspecified atom stereocenters. The molecule has 0 radical (unpaired) electrons. The molecule has 2 aromatic carbocycles. The first kappa shape index (κ1) is 29.3. The number of carboxylic acid groups (broad SMARTS) is 1. The largest absolute Gasteiger partial charge is 0.497 e. The van der Waals surface area contributed by atoms with E-state index in [0.717, 1.165) is 0 Å². The van der Waals surface area contributed by atoms with Gasteiger partial charge in [0.25, 0.3) is 6.09 Å². The average molecular weight is 551 g/mol. The maximum Gasteiger partial charge on any atom is 0.416 e. The van der Waals surface area contributed by atoms with E-state index < -0.39 is 51.4 Å². The molecule has 1 heterocycles. The lowest BCUT2D eigenvalue weighted by molar-refractivity contribution is -0.257. The lowest BCUT2D eigenvalue weighted by Gasteiger charge is -2.32. The minimum atomic E-state index is -4.79. The van der Waals surface area contributed by atoms with Crippen LogP contribution in [-0.4, -0.2) is 48.1 Å². The third-order valence-electron chi connectivity index (χ3n) is 5.55. The fraction of sp³-hybridized carbons (Fsp3) is 0.308. The van der Waals surface area contributed by atoms with Gasteiger partial charge in [0, 0.05) is 25.7 Å². The molecule has 0 saturated heterocycles. The van der Waals surface area contributed by atoms with Crippen LogP contribution in [0.5, 0.6) is 5.75 Å². The summed E-state index contributed by atoms with van der Waals surface area (Å²) in [6.07, 6.45) is -4.41. The Bertz CT molecular complexity index is 1330. The number of esters is 1. The van der Waals surface area contributed by atoms with Gasteiger partial charge in [-0.15, -0.1) is 0 Å². The Morgan fingerprint density at radius 2 is 1.69 bits per heavy atom. The van der Waals surface area contributed by atoms with E-state index in [1.165, 1.54) is 48.6 Å². The summed E-state index contributed by atoms with van der Waals surface area (Å²) in [5.41, 5.74) is -2.75. The van der Waals surface area contributed by atoms with Crippen LogP contribution in [0.25, 0.3) is 0 Å². The van der Waals surface area contributed by atoms with Crippen LogP contribution in [0.4, 0.5) is 32.8 Å². The van der Waals surface area contributed by atoms with Crippen molar-refractivity contribution in [3.63, 3.8) is 0 Å². The zero-order valence-corrected chi connectivity index (χ0v) is 21.4. The SMILES string of the molecule is CN(CCC1=NC=C[N+]1(C(=O)[O-])c1ccc(OC(=O)c2cc(C(F)(F)F)ccc2F)cc1)C(=O)OC(C)(C)C. The van der Waals surface area contributed by atoms with Crippen molar-refractivity contribution in [1.29, 1.82) is 0 Å². The molecule has 39 heavy (non-hydrogen) atoms. The van der Waals surface area contributed by atoms with Gasteiger partial charge in [0.15, 0.2) is 0 Å². The van der Waals surface area contributed by atoms with Crippen LogP contribution in [0.15, 0.2) is 59.9 Å². The third kappa shape index (κ3) is 6.60. The van der Waals surface area contributed by atoms with Crippen molar-refractivity contribution >= 4 is 29.7 Å². The molecule has 0 saturated carbocycles. The van der Waals surface area contributed by atoms with E-state index in [9.17, 15) is 37.1 Å². The first-order chi connectivity index (χ1) is 18.0. The Morgan fingerprint density at radius 3 is 2.26 bits per heavy atom. The van der Waals surface area contributed by atoms with Gasteiger partial charge >= 0.3 is 18.2 Å². The van der Waals surface area contributed by atoms with Crippen LogP contribution < -0.4 is 14.3 Å². The molecule has 1 aliphatic rings. The van der Waals surface area contributed by atoms with Gasteiger partial charge < -0.3 is 24.3 Å². The summed E-state index contributed by atoms with van der Waals surface area (Å²) in [7, 11) is 1.49. The third-order valence-corrected chi connectivity index (χ3v) is 5.55. The second kappa shape index (κ2) is 10.8. The van der Waals surface area contributed by atoms with Gasteiger partial charge in [-0.3, -0.25) is 0 Å². The molecule has 0 aliphatic carbocycles. The van der Waals surface area contributed by atoms with Crippen molar-refractivity contribution in [2.45, 2.75) is 39.0 Å². The number of amidine groups is 1. The highest BCUT2D eigenvalue weighted by Crippen LogP contribution is 2.33. The van der Waals surface area contributed by atoms with E-state index >= 15 is 0 Å². The molecule has 3 rings (SSSR count). The Balaban J connectivity index is 1.78. The number of rotatable bonds is 6. The van der Waals surface area contributed by atoms with Gasteiger partial charge in [0.2, 0.25) is 5.84 Å². The molecule has 2 aromatic rings. The van der Waals surface area contributed by atoms with Gasteiger partial charge in [-0.1, -0.05) is 0 Å². The number of carbonyl (C=O) groups excluding carboxylic acids is 3. The standard InChI is InChI=1S/C26H25F4N3O6/c1-25(2,3)39-23(35)32(4)13-11-21-31-12-14-33(21,24(36)37)17-6-8-18(9-7-17)38-22(34)19-15-16(26(28,29)30)5-10-20(19)27/h5-10,12,14-15H,11,13H2,1-4H3. The van der Waals surface area contributed by atoms with Gasteiger partial charge in [-0.2, -0.15) is 17.7 Å². The molecule has 1 aliphatic heterocycles. The quantitative estimate of drug-likeness (QED) is 0.220. The number of quaternary nitrogens is 1. The fourth-order valence-electron chi connectivity index (χ4n) is 3.61. The number of carbonyl (C=O) groups is 3. The van der Waals surface area contributed by atoms with Crippen LogP contribution in [0.3, 0.4) is 0 Å². The van der Waals surface area contributed by atoms with Crippen LogP contribution in [-0.2, 0) is 10.9 Å². The molecule has 1 atom stereocenters. The van der Waals surface area contributed by atoms with E-state index in [1.807, 2.05) is 0 Å². The maximum atomic E-state index is 14.0. The van der Waals surface area contributed by atoms with Crippen LogP contribution in [0, 0.1) is 5.82 Å². The number of hydrogen-bond acceptors (Lipinski definition) is 7. The Labute approximate surface area is 221 Å². The number of amides is 2. The van der Waals surface area contributed by atoms with Crippen molar-refractivity contribution in [2.75, 3.05) is 13.6 Å². The average Bonchev–Trinajstić information content (AvgIpc) is 3.26. The second-order valence-electron chi connectivity index (χ2n) is 9.56. The van der Waals surface area contributed by atoms with Crippen LogP contribution in [0.2, 0.25) is 0 Å². The normalized spacial score (nSPS) is 17.0. The molecule has 0 N–H and O–H groups in total. The topological polar surface area (TPSA) is 108 Å². The van der Waals surface area contributed by atoms with Crippen molar-refractivity contribution in [3.8, 4) is 5.75 Å². The van der Waals surface area contributed by atoms with E-state index in [2.05, 4.69) is 4.99 Å². The summed E-state index contributed by atoms with van der Waals surface area (Å²) >= 11 is 0. The summed E-state index contributed by atoms with van der Waals surface area (Å²) in [5, 5.41) is 12.3. The van der Waals surface area contributed by atoms with Crippen molar-refractivity contribution in [3.05, 3.63) is 71.8 Å². The fourth-order valence-corrected chi connectivity index (χ4v) is 3.61. The highest BCUT2D eigenvalue weighted by atomic mass is 19.4. The monoisotopic (exact) mass is 551 g/mol. The summed E-state index contributed by atoms with van der Waals surface area (Å²) in [6, 6.07) is 6.30. The van der Waals surface area contributed by atoms with Crippen molar-refractivity contribution < 1.29 is 46.5 Å². The Hall–Kier alpha value is -4.26. The molecule has 0 bridgehead atoms. The zero-order chi connectivity index (χ0) is 29.2.